The van der Waals surface area contributed by atoms with Crippen LogP contribution < -0.4 is 5.73 Å². The molecular weight excluding hydrogens is 256 g/mol. The van der Waals surface area contributed by atoms with Gasteiger partial charge in [0.15, 0.2) is 0 Å². The van der Waals surface area contributed by atoms with Crippen LogP contribution in [-0.2, 0) is 4.79 Å². The highest BCUT2D eigenvalue weighted by atomic mass is 35.5. The van der Waals surface area contributed by atoms with Crippen molar-refractivity contribution in [1.82, 2.24) is 4.90 Å². The Morgan fingerprint density at radius 3 is 2.61 bits per heavy atom. The quantitative estimate of drug-likeness (QED) is 0.907. The molecule has 1 aliphatic heterocycles. The maximum absolute atomic E-state index is 12.1. The third kappa shape index (κ3) is 2.85. The number of hydrogen-bond acceptors (Lipinski definition) is 3. The summed E-state index contributed by atoms with van der Waals surface area (Å²) in [6.07, 6.45) is 3.39. The van der Waals surface area contributed by atoms with Gasteiger partial charge in [0.2, 0.25) is 11.1 Å². The Labute approximate surface area is 110 Å². The van der Waals surface area contributed by atoms with E-state index in [0.717, 1.165) is 12.8 Å². The molecule has 1 fully saturated rings. The second-order valence-corrected chi connectivity index (χ2v) is 4.86. The summed E-state index contributed by atoms with van der Waals surface area (Å²) in [5.74, 6) is -0.115. The van der Waals surface area contributed by atoms with Crippen LogP contribution >= 0.6 is 11.6 Å². The van der Waals surface area contributed by atoms with Crippen molar-refractivity contribution in [1.29, 1.82) is 0 Å². The Balaban J connectivity index is 1.92. The zero-order valence-corrected chi connectivity index (χ0v) is 10.7. The molecule has 1 aromatic rings. The van der Waals surface area contributed by atoms with Gasteiger partial charge in [0.05, 0.1) is 11.8 Å². The number of halogens is 1. The molecule has 6 heteroatoms. The summed E-state index contributed by atoms with van der Waals surface area (Å²) in [4.78, 5) is 24.7. The van der Waals surface area contributed by atoms with Gasteiger partial charge in [-0.15, -0.1) is 0 Å². The van der Waals surface area contributed by atoms with Gasteiger partial charge in [0.25, 0.3) is 5.91 Å². The van der Waals surface area contributed by atoms with Gasteiger partial charge in [-0.2, -0.15) is 0 Å². The van der Waals surface area contributed by atoms with Crippen LogP contribution in [0.5, 0.6) is 0 Å². The zero-order chi connectivity index (χ0) is 13.1. The number of primary amides is 1. The summed E-state index contributed by atoms with van der Waals surface area (Å²) in [6, 6.07) is 1.57. The number of nitrogens with zero attached hydrogens (tertiary/aromatic N) is 1. The lowest BCUT2D eigenvalue weighted by Crippen LogP contribution is -2.39. The predicted molar refractivity (Wildman–Crippen MR) is 66.2 cm³/mol. The van der Waals surface area contributed by atoms with E-state index in [-0.39, 0.29) is 23.0 Å². The van der Waals surface area contributed by atoms with Crippen molar-refractivity contribution in [3.8, 4) is 0 Å². The highest BCUT2D eigenvalue weighted by molar-refractivity contribution is 6.32. The maximum Gasteiger partial charge on any atom is 0.258 e. The molecule has 0 aliphatic carbocycles. The molecule has 0 atom stereocenters. The van der Waals surface area contributed by atoms with Crippen molar-refractivity contribution >= 4 is 23.4 Å². The van der Waals surface area contributed by atoms with E-state index >= 15 is 0 Å². The molecule has 0 aromatic carbocycles. The number of piperidine rings is 1. The van der Waals surface area contributed by atoms with Crippen molar-refractivity contribution in [2.45, 2.75) is 19.3 Å². The van der Waals surface area contributed by atoms with Crippen molar-refractivity contribution in [3.63, 3.8) is 0 Å². The molecule has 1 saturated heterocycles. The van der Waals surface area contributed by atoms with E-state index in [9.17, 15) is 9.59 Å². The summed E-state index contributed by atoms with van der Waals surface area (Å²) in [7, 11) is 0. The molecule has 2 rings (SSSR count). The minimum Gasteiger partial charge on any atom is -0.452 e. The highest BCUT2D eigenvalue weighted by Crippen LogP contribution is 2.24. The first-order valence-corrected chi connectivity index (χ1v) is 6.26. The van der Waals surface area contributed by atoms with E-state index in [2.05, 4.69) is 0 Å². The van der Waals surface area contributed by atoms with Crippen LogP contribution in [0.4, 0.5) is 0 Å². The van der Waals surface area contributed by atoms with Gasteiger partial charge >= 0.3 is 0 Å². The predicted octanol–water partition coefficient (Wildman–Crippen LogP) is 1.66. The van der Waals surface area contributed by atoms with E-state index in [0.29, 0.717) is 25.1 Å². The lowest BCUT2D eigenvalue weighted by atomic mass is 9.93. The van der Waals surface area contributed by atoms with Crippen molar-refractivity contribution in [2.75, 3.05) is 13.1 Å². The van der Waals surface area contributed by atoms with Gasteiger partial charge in [-0.1, -0.05) is 0 Å². The summed E-state index contributed by atoms with van der Waals surface area (Å²) < 4.78 is 4.91. The van der Waals surface area contributed by atoms with Crippen LogP contribution in [0.1, 0.15) is 29.6 Å². The molecule has 2 heterocycles. The summed E-state index contributed by atoms with van der Waals surface area (Å²) in [6.45, 7) is 1.25. The number of carbonyl (C=O) groups excluding carboxylic acids is 2. The van der Waals surface area contributed by atoms with Crippen LogP contribution in [0.15, 0.2) is 16.7 Å². The van der Waals surface area contributed by atoms with E-state index in [1.165, 1.54) is 6.26 Å². The van der Waals surface area contributed by atoms with E-state index < -0.39 is 0 Å². The molecular formula is C12H15ClN2O3. The smallest absolute Gasteiger partial charge is 0.258 e. The van der Waals surface area contributed by atoms with Crippen LogP contribution in [0, 0.1) is 5.92 Å². The fourth-order valence-electron chi connectivity index (χ4n) is 2.24. The normalized spacial score (nSPS) is 16.8. The average molecular weight is 271 g/mol. The molecule has 0 saturated carbocycles. The Hall–Kier alpha value is -1.49. The number of hydrogen-bond donors (Lipinski definition) is 1. The second-order valence-electron chi connectivity index (χ2n) is 4.51. The molecule has 2 amide bonds. The molecule has 2 N–H and O–H groups in total. The minimum atomic E-state index is -0.280. The van der Waals surface area contributed by atoms with Crippen molar-refractivity contribution in [3.05, 3.63) is 23.1 Å². The zero-order valence-electron chi connectivity index (χ0n) is 9.89. The maximum atomic E-state index is 12.1. The number of likely N-dealkylation sites (tertiary alicyclic amines) is 1. The van der Waals surface area contributed by atoms with Gasteiger partial charge in [0, 0.05) is 19.5 Å². The fourth-order valence-corrected chi connectivity index (χ4v) is 2.44. The number of nitrogens with two attached hydrogens (primary N) is 1. The summed E-state index contributed by atoms with van der Waals surface area (Å²) >= 11 is 5.78. The Morgan fingerprint density at radius 1 is 1.44 bits per heavy atom. The molecule has 0 unspecified atom stereocenters. The van der Waals surface area contributed by atoms with E-state index in [4.69, 9.17) is 21.8 Å². The number of rotatable bonds is 3. The Kier molecular flexibility index (Phi) is 3.91. The van der Waals surface area contributed by atoms with Crippen LogP contribution in [0.3, 0.4) is 0 Å². The number of furan rings is 1. The van der Waals surface area contributed by atoms with Gasteiger partial charge in [0.1, 0.15) is 0 Å². The average Bonchev–Trinajstić information content (AvgIpc) is 2.75. The fraction of sp³-hybridized carbons (Fsp3) is 0.500. The van der Waals surface area contributed by atoms with Gasteiger partial charge in [-0.3, -0.25) is 9.59 Å². The molecule has 98 valence electrons. The highest BCUT2D eigenvalue weighted by Gasteiger charge is 2.26. The lowest BCUT2D eigenvalue weighted by molar-refractivity contribution is -0.119. The Bertz CT molecular complexity index is 450. The summed E-state index contributed by atoms with van der Waals surface area (Å²) in [5.41, 5.74) is 5.56. The monoisotopic (exact) mass is 270 g/mol. The number of amides is 2. The minimum absolute atomic E-state index is 0.119. The van der Waals surface area contributed by atoms with Crippen molar-refractivity contribution < 1.29 is 14.0 Å². The SMILES string of the molecule is NC(=O)CC1CCN(C(=O)c2ccoc2Cl)CC1. The largest absolute Gasteiger partial charge is 0.452 e. The number of carbonyl (C=O) groups is 2. The van der Waals surface area contributed by atoms with Gasteiger partial charge in [-0.25, -0.2) is 0 Å². The van der Waals surface area contributed by atoms with E-state index in [1.807, 2.05) is 0 Å². The van der Waals surface area contributed by atoms with Crippen LogP contribution in [-0.4, -0.2) is 29.8 Å². The topological polar surface area (TPSA) is 76.5 Å². The molecule has 1 aliphatic rings. The van der Waals surface area contributed by atoms with Crippen LogP contribution in [0.25, 0.3) is 0 Å². The first-order valence-electron chi connectivity index (χ1n) is 5.88. The molecule has 18 heavy (non-hydrogen) atoms. The first-order chi connectivity index (χ1) is 8.58. The van der Waals surface area contributed by atoms with Crippen molar-refractivity contribution in [2.24, 2.45) is 11.7 Å². The van der Waals surface area contributed by atoms with Gasteiger partial charge < -0.3 is 15.1 Å². The van der Waals surface area contributed by atoms with Gasteiger partial charge in [-0.05, 0) is 36.4 Å². The standard InChI is InChI=1S/C12H15ClN2O3/c13-11-9(3-6-18-11)12(17)15-4-1-8(2-5-15)7-10(14)16/h3,6,8H,1-2,4-5,7H2,(H2,14,16). The molecule has 0 spiro atoms. The molecule has 1 aromatic heterocycles. The third-order valence-electron chi connectivity index (χ3n) is 3.24. The molecule has 5 nitrogen and oxygen atoms in total. The first kappa shape index (κ1) is 13.0. The van der Waals surface area contributed by atoms with E-state index in [1.54, 1.807) is 11.0 Å². The second kappa shape index (κ2) is 5.44. The Morgan fingerprint density at radius 2 is 2.11 bits per heavy atom. The lowest BCUT2D eigenvalue weighted by Gasteiger charge is -2.31. The molecule has 0 bridgehead atoms. The summed E-state index contributed by atoms with van der Waals surface area (Å²) in [5, 5.41) is 0.124. The van der Waals surface area contributed by atoms with Crippen LogP contribution in [0.2, 0.25) is 5.22 Å². The third-order valence-corrected chi connectivity index (χ3v) is 3.53. The molecule has 0 radical (unpaired) electrons.